The molecular formula is C16H18F2N2O2. The summed E-state index contributed by atoms with van der Waals surface area (Å²) in [5, 5.41) is 12.9. The molecule has 1 unspecified atom stereocenters. The Kier molecular flexibility index (Phi) is 4.32. The maximum absolute atomic E-state index is 13.7. The Morgan fingerprint density at radius 2 is 2.00 bits per heavy atom. The lowest BCUT2D eigenvalue weighted by Crippen LogP contribution is -2.39. The third-order valence-electron chi connectivity index (χ3n) is 3.48. The summed E-state index contributed by atoms with van der Waals surface area (Å²) in [4.78, 5) is 15.0. The number of aliphatic hydroxyl groups is 1. The van der Waals surface area contributed by atoms with Crippen LogP contribution in [0.5, 0.6) is 0 Å². The fourth-order valence-corrected chi connectivity index (χ4v) is 2.33. The van der Waals surface area contributed by atoms with E-state index in [0.717, 1.165) is 17.3 Å². The van der Waals surface area contributed by atoms with E-state index in [2.05, 4.69) is 10.3 Å². The molecule has 118 valence electrons. The number of nitrogens with one attached hydrogen (secondary N) is 2. The second kappa shape index (κ2) is 5.88. The second-order valence-electron chi connectivity index (χ2n) is 5.59. The third-order valence-corrected chi connectivity index (χ3v) is 3.48. The zero-order valence-corrected chi connectivity index (χ0v) is 12.6. The van der Waals surface area contributed by atoms with Gasteiger partial charge in [0.25, 0.3) is 5.91 Å². The van der Waals surface area contributed by atoms with Gasteiger partial charge in [0, 0.05) is 17.3 Å². The van der Waals surface area contributed by atoms with Crippen molar-refractivity contribution in [1.29, 1.82) is 0 Å². The highest BCUT2D eigenvalue weighted by Crippen LogP contribution is 2.23. The highest BCUT2D eigenvalue weighted by molar-refractivity contribution is 5.94. The Balaban J connectivity index is 2.12. The summed E-state index contributed by atoms with van der Waals surface area (Å²) in [7, 11) is 0. The molecule has 3 N–H and O–H groups in total. The highest BCUT2D eigenvalue weighted by Gasteiger charge is 2.28. The molecular weight excluding hydrogens is 290 g/mol. The van der Waals surface area contributed by atoms with Gasteiger partial charge in [-0.3, -0.25) is 4.79 Å². The summed E-state index contributed by atoms with van der Waals surface area (Å²) in [5.41, 5.74) is 0.297. The summed E-state index contributed by atoms with van der Waals surface area (Å²) in [6.45, 7) is 4.77. The number of rotatable bonds is 4. The molecule has 22 heavy (non-hydrogen) atoms. The number of carbonyl (C=O) groups is 1. The van der Waals surface area contributed by atoms with Crippen molar-refractivity contribution in [2.45, 2.75) is 26.4 Å². The molecule has 0 radical (unpaired) electrons. The molecule has 0 spiro atoms. The maximum Gasteiger partial charge on any atom is 0.268 e. The van der Waals surface area contributed by atoms with Crippen LogP contribution in [-0.4, -0.2) is 22.5 Å². The Morgan fingerprint density at radius 3 is 2.55 bits per heavy atom. The fourth-order valence-electron chi connectivity index (χ4n) is 2.33. The molecule has 1 aromatic carbocycles. The second-order valence-corrected chi connectivity index (χ2v) is 5.59. The Hall–Kier alpha value is -2.21. The van der Waals surface area contributed by atoms with Gasteiger partial charge in [-0.1, -0.05) is 6.07 Å². The molecule has 4 nitrogen and oxygen atoms in total. The van der Waals surface area contributed by atoms with Crippen LogP contribution in [0.3, 0.4) is 0 Å². The van der Waals surface area contributed by atoms with Crippen molar-refractivity contribution in [2.75, 3.05) is 6.54 Å². The van der Waals surface area contributed by atoms with Gasteiger partial charge >= 0.3 is 0 Å². The molecule has 1 aromatic heterocycles. The monoisotopic (exact) mass is 308 g/mol. The lowest BCUT2D eigenvalue weighted by atomic mass is 9.95. The zero-order valence-electron chi connectivity index (χ0n) is 12.6. The zero-order chi connectivity index (χ0) is 16.5. The lowest BCUT2D eigenvalue weighted by Gasteiger charge is -2.24. The number of aryl methyl sites for hydroxylation is 2. The van der Waals surface area contributed by atoms with Gasteiger partial charge < -0.3 is 15.4 Å². The predicted molar refractivity (Wildman–Crippen MR) is 78.5 cm³/mol. The SMILES string of the molecule is Cc1cc(C)c(C(=O)NCC(C)(O)c2ccc(F)cc2F)[nH]1. The predicted octanol–water partition coefficient (Wildman–Crippen LogP) is 2.55. The number of amides is 1. The molecule has 1 heterocycles. The molecule has 0 aliphatic rings. The Morgan fingerprint density at radius 1 is 1.32 bits per heavy atom. The van der Waals surface area contributed by atoms with Gasteiger partial charge in [-0.15, -0.1) is 0 Å². The number of hydrogen-bond donors (Lipinski definition) is 3. The van der Waals surface area contributed by atoms with Crippen molar-refractivity contribution < 1.29 is 18.7 Å². The van der Waals surface area contributed by atoms with Crippen LogP contribution in [0, 0.1) is 25.5 Å². The summed E-state index contributed by atoms with van der Waals surface area (Å²) in [6.07, 6.45) is 0. The number of carbonyl (C=O) groups excluding carboxylic acids is 1. The molecule has 0 aliphatic heterocycles. The molecule has 0 aliphatic carbocycles. The first kappa shape index (κ1) is 16.2. The maximum atomic E-state index is 13.7. The Labute approximate surface area is 127 Å². The van der Waals surface area contributed by atoms with Crippen molar-refractivity contribution in [3.8, 4) is 0 Å². The van der Waals surface area contributed by atoms with E-state index in [1.165, 1.54) is 13.0 Å². The first-order chi connectivity index (χ1) is 10.2. The van der Waals surface area contributed by atoms with Crippen molar-refractivity contribution >= 4 is 5.91 Å². The van der Waals surface area contributed by atoms with E-state index in [-0.39, 0.29) is 12.1 Å². The van der Waals surface area contributed by atoms with Gasteiger partial charge in [-0.25, -0.2) is 8.78 Å². The van der Waals surface area contributed by atoms with E-state index >= 15 is 0 Å². The van der Waals surface area contributed by atoms with Crippen LogP contribution in [-0.2, 0) is 5.60 Å². The fraction of sp³-hybridized carbons (Fsp3) is 0.312. The van der Waals surface area contributed by atoms with Gasteiger partial charge in [0.05, 0.1) is 6.54 Å². The van der Waals surface area contributed by atoms with Crippen molar-refractivity contribution in [1.82, 2.24) is 10.3 Å². The highest BCUT2D eigenvalue weighted by atomic mass is 19.1. The van der Waals surface area contributed by atoms with E-state index in [0.29, 0.717) is 11.8 Å². The first-order valence-corrected chi connectivity index (χ1v) is 6.83. The summed E-state index contributed by atoms with van der Waals surface area (Å²) in [6, 6.07) is 4.75. The molecule has 1 amide bonds. The molecule has 0 bridgehead atoms. The molecule has 6 heteroatoms. The molecule has 1 atom stereocenters. The van der Waals surface area contributed by atoms with E-state index in [1.54, 1.807) is 6.92 Å². The van der Waals surface area contributed by atoms with Crippen LogP contribution >= 0.6 is 0 Å². The van der Waals surface area contributed by atoms with Gasteiger partial charge in [0.1, 0.15) is 22.9 Å². The number of benzene rings is 1. The van der Waals surface area contributed by atoms with Crippen molar-refractivity contribution in [3.05, 3.63) is 58.4 Å². The van der Waals surface area contributed by atoms with E-state index in [4.69, 9.17) is 0 Å². The lowest BCUT2D eigenvalue weighted by molar-refractivity contribution is 0.0493. The Bertz CT molecular complexity index is 708. The summed E-state index contributed by atoms with van der Waals surface area (Å²) < 4.78 is 26.7. The van der Waals surface area contributed by atoms with E-state index < -0.39 is 23.1 Å². The van der Waals surface area contributed by atoms with Gasteiger partial charge in [0.2, 0.25) is 0 Å². The number of halogens is 2. The number of H-pyrrole nitrogens is 1. The van der Waals surface area contributed by atoms with E-state index in [1.807, 2.05) is 13.0 Å². The van der Waals surface area contributed by atoms with Crippen LogP contribution < -0.4 is 5.32 Å². The van der Waals surface area contributed by atoms with Crippen LogP contribution in [0.15, 0.2) is 24.3 Å². The molecule has 0 saturated heterocycles. The van der Waals surface area contributed by atoms with Crippen molar-refractivity contribution in [3.63, 3.8) is 0 Å². The number of aromatic amines is 1. The molecule has 2 rings (SSSR count). The minimum atomic E-state index is -1.65. The number of aromatic nitrogens is 1. The van der Waals surface area contributed by atoms with Crippen molar-refractivity contribution in [2.24, 2.45) is 0 Å². The average molecular weight is 308 g/mol. The molecule has 0 saturated carbocycles. The van der Waals surface area contributed by atoms with Crippen LogP contribution in [0.2, 0.25) is 0 Å². The minimum absolute atomic E-state index is 0.0754. The molecule has 2 aromatic rings. The first-order valence-electron chi connectivity index (χ1n) is 6.83. The smallest absolute Gasteiger partial charge is 0.268 e. The van der Waals surface area contributed by atoms with Gasteiger partial charge in [-0.05, 0) is 38.5 Å². The quantitative estimate of drug-likeness (QED) is 0.812. The topological polar surface area (TPSA) is 65.1 Å². The van der Waals surface area contributed by atoms with Crippen LogP contribution in [0.1, 0.15) is 34.2 Å². The van der Waals surface area contributed by atoms with E-state index in [9.17, 15) is 18.7 Å². The summed E-state index contributed by atoms with van der Waals surface area (Å²) >= 11 is 0. The standard InChI is InChI=1S/C16H18F2N2O2/c1-9-6-10(2)20-14(9)15(21)19-8-16(3,22)12-5-4-11(17)7-13(12)18/h4-7,20,22H,8H2,1-3H3,(H,19,21). The number of hydrogen-bond acceptors (Lipinski definition) is 2. The normalized spacial score (nSPS) is 13.7. The van der Waals surface area contributed by atoms with Gasteiger partial charge in [-0.2, -0.15) is 0 Å². The minimum Gasteiger partial charge on any atom is -0.383 e. The summed E-state index contributed by atoms with van der Waals surface area (Å²) in [5.74, 6) is -1.97. The average Bonchev–Trinajstić information content (AvgIpc) is 2.74. The third kappa shape index (κ3) is 3.33. The largest absolute Gasteiger partial charge is 0.383 e. The van der Waals surface area contributed by atoms with Gasteiger partial charge in [0.15, 0.2) is 0 Å². The van der Waals surface area contributed by atoms with Crippen LogP contribution in [0.25, 0.3) is 0 Å². The molecule has 0 fully saturated rings. The van der Waals surface area contributed by atoms with Crippen LogP contribution in [0.4, 0.5) is 8.78 Å².